The van der Waals surface area contributed by atoms with E-state index in [9.17, 15) is 0 Å². The predicted molar refractivity (Wildman–Crippen MR) is 43.4 cm³/mol. The quantitative estimate of drug-likeness (QED) is 0.474. The first-order valence-corrected chi connectivity index (χ1v) is 4.04. The van der Waals surface area contributed by atoms with Gasteiger partial charge in [0.05, 0.1) is 25.0 Å². The van der Waals surface area contributed by atoms with Crippen molar-refractivity contribution in [2.75, 3.05) is 20.4 Å². The molecule has 0 aromatic rings. The van der Waals surface area contributed by atoms with Crippen molar-refractivity contribution in [3.05, 3.63) is 0 Å². The van der Waals surface area contributed by atoms with E-state index in [0.717, 1.165) is 13.0 Å². The van der Waals surface area contributed by atoms with E-state index in [-0.39, 0.29) is 5.60 Å². The van der Waals surface area contributed by atoms with E-state index in [0.29, 0.717) is 12.8 Å². The van der Waals surface area contributed by atoms with Gasteiger partial charge in [-0.15, -0.1) is 0 Å². The van der Waals surface area contributed by atoms with Crippen LogP contribution in [0.4, 0.5) is 0 Å². The molecule has 11 heavy (non-hydrogen) atoms. The van der Waals surface area contributed by atoms with E-state index >= 15 is 0 Å². The number of hydrogen-bond acceptors (Lipinski definition) is 3. The average Bonchev–Trinajstić information content (AvgIpc) is 2.67. The van der Waals surface area contributed by atoms with Crippen molar-refractivity contribution in [3.63, 3.8) is 0 Å². The highest BCUT2D eigenvalue weighted by Crippen LogP contribution is 2.24. The van der Waals surface area contributed by atoms with E-state index in [1.54, 1.807) is 0 Å². The average molecular weight is 159 g/mol. The highest BCUT2D eigenvalue weighted by molar-refractivity contribution is 4.80. The molecule has 1 heterocycles. The van der Waals surface area contributed by atoms with Gasteiger partial charge in [-0.2, -0.15) is 0 Å². The van der Waals surface area contributed by atoms with Crippen molar-refractivity contribution in [1.82, 2.24) is 5.32 Å². The van der Waals surface area contributed by atoms with Crippen LogP contribution in [0, 0.1) is 0 Å². The zero-order valence-corrected chi connectivity index (χ0v) is 7.52. The molecule has 1 fully saturated rings. The third kappa shape index (κ3) is 3.70. The topological polar surface area (TPSA) is 33.8 Å². The van der Waals surface area contributed by atoms with Gasteiger partial charge in [-0.05, 0) is 20.9 Å². The number of hydrogen-bond donors (Lipinski definition) is 1. The Morgan fingerprint density at radius 1 is 1.64 bits per heavy atom. The minimum atomic E-state index is -0.0514. The van der Waals surface area contributed by atoms with Crippen molar-refractivity contribution in [2.24, 2.45) is 0 Å². The Bertz CT molecular complexity index is 121. The lowest BCUT2D eigenvalue weighted by Crippen LogP contribution is -2.30. The van der Waals surface area contributed by atoms with Crippen LogP contribution in [-0.2, 0) is 9.47 Å². The highest BCUT2D eigenvalue weighted by atomic mass is 16.6. The fourth-order valence-electron chi connectivity index (χ4n) is 1.06. The van der Waals surface area contributed by atoms with Gasteiger partial charge in [0.15, 0.2) is 0 Å². The second kappa shape index (κ2) is 3.52. The first-order valence-electron chi connectivity index (χ1n) is 4.04. The lowest BCUT2D eigenvalue weighted by Gasteiger charge is -2.24. The maximum Gasteiger partial charge on any atom is 0.0970 e. The summed E-state index contributed by atoms with van der Waals surface area (Å²) in [4.78, 5) is 0. The van der Waals surface area contributed by atoms with Crippen molar-refractivity contribution < 1.29 is 9.47 Å². The fourth-order valence-corrected chi connectivity index (χ4v) is 1.06. The first kappa shape index (κ1) is 8.97. The lowest BCUT2D eigenvalue weighted by atomic mass is 10.0. The van der Waals surface area contributed by atoms with Crippen molar-refractivity contribution >= 4 is 0 Å². The lowest BCUT2D eigenvalue weighted by molar-refractivity contribution is -0.0344. The molecule has 1 unspecified atom stereocenters. The molecule has 0 aromatic heterocycles. The predicted octanol–water partition coefficient (Wildman–Crippen LogP) is 0.747. The molecule has 1 atom stereocenters. The third-order valence-electron chi connectivity index (χ3n) is 1.73. The zero-order valence-electron chi connectivity index (χ0n) is 7.52. The van der Waals surface area contributed by atoms with E-state index in [2.05, 4.69) is 19.2 Å². The number of nitrogens with one attached hydrogen (secondary N) is 1. The van der Waals surface area contributed by atoms with Crippen LogP contribution in [0.15, 0.2) is 0 Å². The van der Waals surface area contributed by atoms with Gasteiger partial charge in [0.1, 0.15) is 0 Å². The Hall–Kier alpha value is -0.120. The van der Waals surface area contributed by atoms with Crippen LogP contribution in [0.5, 0.6) is 0 Å². The summed E-state index contributed by atoms with van der Waals surface area (Å²) in [5, 5.41) is 2.95. The second-order valence-corrected chi connectivity index (χ2v) is 3.56. The molecule has 3 heteroatoms. The van der Waals surface area contributed by atoms with Gasteiger partial charge in [-0.25, -0.2) is 0 Å². The van der Waals surface area contributed by atoms with Crippen molar-refractivity contribution in [2.45, 2.75) is 32.0 Å². The Kier molecular flexibility index (Phi) is 2.87. The summed E-state index contributed by atoms with van der Waals surface area (Å²) in [6.07, 6.45) is 1.44. The molecule has 3 nitrogen and oxygen atoms in total. The highest BCUT2D eigenvalue weighted by Gasteiger charge is 2.31. The van der Waals surface area contributed by atoms with E-state index in [4.69, 9.17) is 9.47 Å². The number of rotatable bonds is 5. The minimum Gasteiger partial charge on any atom is -0.373 e. The van der Waals surface area contributed by atoms with E-state index < -0.39 is 0 Å². The van der Waals surface area contributed by atoms with Gasteiger partial charge in [-0.3, -0.25) is 5.32 Å². The summed E-state index contributed by atoms with van der Waals surface area (Å²) in [7, 11) is 1.88. The molecule has 1 rings (SSSR count). The van der Waals surface area contributed by atoms with Crippen LogP contribution >= 0.6 is 0 Å². The minimum absolute atomic E-state index is 0.0514. The maximum absolute atomic E-state index is 5.54. The molecule has 0 radical (unpaired) electrons. The smallest absolute Gasteiger partial charge is 0.0970 e. The standard InChI is InChI=1S/C8H17NO2/c1-8(2,11-6-9-3)4-7-5-10-7/h7,9H,4-6H2,1-3H3. The summed E-state index contributed by atoms with van der Waals surface area (Å²) in [5.41, 5.74) is -0.0514. The van der Waals surface area contributed by atoms with Gasteiger partial charge < -0.3 is 9.47 Å². The molecule has 0 bridgehead atoms. The second-order valence-electron chi connectivity index (χ2n) is 3.56. The van der Waals surface area contributed by atoms with Crippen LogP contribution in [0.25, 0.3) is 0 Å². The Morgan fingerprint density at radius 3 is 2.73 bits per heavy atom. The van der Waals surface area contributed by atoms with Gasteiger partial charge in [0.25, 0.3) is 0 Å². The number of epoxide rings is 1. The first-order chi connectivity index (χ1) is 5.14. The van der Waals surface area contributed by atoms with Crippen molar-refractivity contribution in [3.8, 4) is 0 Å². The van der Waals surface area contributed by atoms with Gasteiger partial charge in [0, 0.05) is 6.42 Å². The van der Waals surface area contributed by atoms with Crippen LogP contribution < -0.4 is 5.32 Å². The molecule has 0 saturated carbocycles. The largest absolute Gasteiger partial charge is 0.373 e. The van der Waals surface area contributed by atoms with Gasteiger partial charge >= 0.3 is 0 Å². The van der Waals surface area contributed by atoms with Gasteiger partial charge in [-0.1, -0.05) is 0 Å². The summed E-state index contributed by atoms with van der Waals surface area (Å²) in [6, 6.07) is 0. The monoisotopic (exact) mass is 159 g/mol. The van der Waals surface area contributed by atoms with E-state index in [1.807, 2.05) is 7.05 Å². The van der Waals surface area contributed by atoms with Crippen LogP contribution in [0.2, 0.25) is 0 Å². The number of ether oxygens (including phenoxy) is 2. The van der Waals surface area contributed by atoms with Crippen LogP contribution in [-0.4, -0.2) is 32.1 Å². The van der Waals surface area contributed by atoms with E-state index in [1.165, 1.54) is 0 Å². The summed E-state index contributed by atoms with van der Waals surface area (Å²) >= 11 is 0. The molecular formula is C8H17NO2. The molecule has 0 amide bonds. The van der Waals surface area contributed by atoms with Gasteiger partial charge in [0.2, 0.25) is 0 Å². The normalized spacial score (nSPS) is 23.7. The molecule has 0 aromatic carbocycles. The summed E-state index contributed by atoms with van der Waals surface area (Å²) in [5.74, 6) is 0. The summed E-state index contributed by atoms with van der Waals surface area (Å²) < 4.78 is 10.7. The molecular weight excluding hydrogens is 142 g/mol. The van der Waals surface area contributed by atoms with Crippen LogP contribution in [0.1, 0.15) is 20.3 Å². The van der Waals surface area contributed by atoms with Crippen molar-refractivity contribution in [1.29, 1.82) is 0 Å². The molecule has 1 aliphatic rings. The fraction of sp³-hybridized carbons (Fsp3) is 1.00. The molecule has 1 saturated heterocycles. The zero-order chi connectivity index (χ0) is 8.32. The molecule has 66 valence electrons. The molecule has 1 aliphatic heterocycles. The Balaban J connectivity index is 2.14. The maximum atomic E-state index is 5.54. The Labute approximate surface area is 68.1 Å². The summed E-state index contributed by atoms with van der Waals surface area (Å²) in [6.45, 7) is 5.70. The third-order valence-corrected chi connectivity index (χ3v) is 1.73. The molecule has 0 spiro atoms. The molecule has 1 N–H and O–H groups in total. The Morgan fingerprint density at radius 2 is 2.27 bits per heavy atom. The van der Waals surface area contributed by atoms with Crippen LogP contribution in [0.3, 0.4) is 0 Å². The SMILES string of the molecule is CNCOC(C)(C)CC1CO1. The molecule has 0 aliphatic carbocycles.